The molecule has 0 saturated carbocycles. The lowest BCUT2D eigenvalue weighted by molar-refractivity contribution is -0.281. The van der Waals surface area contributed by atoms with Gasteiger partial charge >= 0.3 is 0 Å². The summed E-state index contributed by atoms with van der Waals surface area (Å²) in [7, 11) is 1.41. The van der Waals surface area contributed by atoms with Crippen molar-refractivity contribution in [2.45, 2.75) is 37.6 Å². The van der Waals surface area contributed by atoms with Crippen LogP contribution in [0.4, 0.5) is 0 Å². The van der Waals surface area contributed by atoms with Crippen LogP contribution >= 0.6 is 0 Å². The molecule has 12 heavy (non-hydrogen) atoms. The van der Waals surface area contributed by atoms with E-state index < -0.39 is 30.7 Å². The van der Waals surface area contributed by atoms with Gasteiger partial charge in [-0.25, -0.2) is 0 Å². The Balaban J connectivity index is 2.65. The minimum absolute atomic E-state index is 0.427. The molecule has 0 spiro atoms. The van der Waals surface area contributed by atoms with Crippen molar-refractivity contribution in [2.75, 3.05) is 7.11 Å². The van der Waals surface area contributed by atoms with E-state index in [1.165, 1.54) is 7.11 Å². The number of rotatable bonds is 1. The largest absolute Gasteiger partial charge is 0.387 e. The molecule has 1 rings (SSSR count). The smallest absolute Gasteiger partial charge is 0.183 e. The quantitative estimate of drug-likeness (QED) is 0.453. The van der Waals surface area contributed by atoms with E-state index in [0.29, 0.717) is 0 Å². The third-order valence-corrected chi connectivity index (χ3v) is 2.07. The minimum atomic E-state index is -1.33. The molecule has 72 valence electrons. The SMILES string of the molecule is COC1C(C)OC(O)C(O)C1O. The van der Waals surface area contributed by atoms with Crippen molar-refractivity contribution in [3.8, 4) is 0 Å². The van der Waals surface area contributed by atoms with Crippen molar-refractivity contribution in [3.63, 3.8) is 0 Å². The van der Waals surface area contributed by atoms with Crippen LogP contribution in [0.15, 0.2) is 0 Å². The Hall–Kier alpha value is -0.200. The lowest BCUT2D eigenvalue weighted by Gasteiger charge is -2.38. The Bertz CT molecular complexity index is 151. The summed E-state index contributed by atoms with van der Waals surface area (Å²) in [6, 6.07) is 0. The van der Waals surface area contributed by atoms with Gasteiger partial charge in [-0.05, 0) is 6.92 Å². The maximum Gasteiger partial charge on any atom is 0.183 e. The first-order chi connectivity index (χ1) is 5.57. The van der Waals surface area contributed by atoms with Crippen molar-refractivity contribution >= 4 is 0 Å². The lowest BCUT2D eigenvalue weighted by atomic mass is 10.00. The summed E-state index contributed by atoms with van der Waals surface area (Å²) in [6.45, 7) is 1.66. The number of ether oxygens (including phenoxy) is 2. The highest BCUT2D eigenvalue weighted by Gasteiger charge is 2.41. The summed E-state index contributed by atoms with van der Waals surface area (Å²) in [5, 5.41) is 27.6. The van der Waals surface area contributed by atoms with Crippen LogP contribution in [0.1, 0.15) is 6.92 Å². The van der Waals surface area contributed by atoms with Gasteiger partial charge in [0.05, 0.1) is 6.10 Å². The molecule has 0 bridgehead atoms. The molecule has 5 atom stereocenters. The summed E-state index contributed by atoms with van der Waals surface area (Å²) in [6.07, 6.45) is -4.76. The highest BCUT2D eigenvalue weighted by Crippen LogP contribution is 2.21. The highest BCUT2D eigenvalue weighted by atomic mass is 16.6. The van der Waals surface area contributed by atoms with E-state index >= 15 is 0 Å². The zero-order chi connectivity index (χ0) is 9.30. The molecule has 3 N–H and O–H groups in total. The zero-order valence-corrected chi connectivity index (χ0v) is 7.04. The first kappa shape index (κ1) is 9.88. The number of aliphatic hydroxyl groups excluding tert-OH is 3. The van der Waals surface area contributed by atoms with Crippen LogP contribution in [-0.2, 0) is 9.47 Å². The van der Waals surface area contributed by atoms with Crippen LogP contribution in [0.25, 0.3) is 0 Å². The number of hydrogen-bond acceptors (Lipinski definition) is 5. The lowest BCUT2D eigenvalue weighted by Crippen LogP contribution is -2.57. The fraction of sp³-hybridized carbons (Fsp3) is 1.00. The van der Waals surface area contributed by atoms with Gasteiger partial charge in [0.25, 0.3) is 0 Å². The molecule has 1 heterocycles. The maximum absolute atomic E-state index is 9.36. The second-order valence-electron chi connectivity index (χ2n) is 2.91. The van der Waals surface area contributed by atoms with Gasteiger partial charge < -0.3 is 24.8 Å². The van der Waals surface area contributed by atoms with E-state index in [4.69, 9.17) is 19.7 Å². The van der Waals surface area contributed by atoms with Gasteiger partial charge in [-0.3, -0.25) is 0 Å². The molecule has 1 fully saturated rings. The molecular formula is C7H14O5. The molecular weight excluding hydrogens is 164 g/mol. The van der Waals surface area contributed by atoms with Crippen LogP contribution in [0, 0.1) is 0 Å². The van der Waals surface area contributed by atoms with Gasteiger partial charge in [-0.15, -0.1) is 0 Å². The minimum Gasteiger partial charge on any atom is -0.387 e. The van der Waals surface area contributed by atoms with E-state index in [1.807, 2.05) is 0 Å². The van der Waals surface area contributed by atoms with Crippen molar-refractivity contribution in [3.05, 3.63) is 0 Å². The molecule has 5 unspecified atom stereocenters. The molecule has 1 aliphatic rings. The maximum atomic E-state index is 9.36. The van der Waals surface area contributed by atoms with E-state index in [1.54, 1.807) is 6.92 Å². The van der Waals surface area contributed by atoms with Crippen LogP contribution < -0.4 is 0 Å². The summed E-state index contributed by atoms with van der Waals surface area (Å²) >= 11 is 0. The number of hydrogen-bond donors (Lipinski definition) is 3. The summed E-state index contributed by atoms with van der Waals surface area (Å²) in [5.41, 5.74) is 0. The van der Waals surface area contributed by atoms with Gasteiger partial charge in [-0.2, -0.15) is 0 Å². The Morgan fingerprint density at radius 2 is 1.75 bits per heavy atom. The van der Waals surface area contributed by atoms with E-state index in [-0.39, 0.29) is 0 Å². The fourth-order valence-electron chi connectivity index (χ4n) is 1.35. The average Bonchev–Trinajstić information content (AvgIpc) is 2.01. The molecule has 0 radical (unpaired) electrons. The molecule has 5 heteroatoms. The predicted molar refractivity (Wildman–Crippen MR) is 39.4 cm³/mol. The monoisotopic (exact) mass is 178 g/mol. The Morgan fingerprint density at radius 3 is 2.25 bits per heavy atom. The van der Waals surface area contributed by atoms with Crippen LogP contribution in [0.3, 0.4) is 0 Å². The highest BCUT2D eigenvalue weighted by molar-refractivity contribution is 4.87. The second kappa shape index (κ2) is 3.68. The first-order valence-electron chi connectivity index (χ1n) is 3.80. The van der Waals surface area contributed by atoms with Gasteiger partial charge in [0.2, 0.25) is 0 Å². The molecule has 1 saturated heterocycles. The summed E-state index contributed by atoms with van der Waals surface area (Å²) in [5.74, 6) is 0. The molecule has 1 aliphatic heterocycles. The van der Waals surface area contributed by atoms with Crippen LogP contribution in [0.2, 0.25) is 0 Å². The Morgan fingerprint density at radius 1 is 1.17 bits per heavy atom. The topological polar surface area (TPSA) is 79.2 Å². The van der Waals surface area contributed by atoms with E-state index in [2.05, 4.69) is 0 Å². The Labute approximate surface area is 70.5 Å². The molecule has 0 aromatic heterocycles. The van der Waals surface area contributed by atoms with E-state index in [0.717, 1.165) is 0 Å². The van der Waals surface area contributed by atoms with Gasteiger partial charge in [0, 0.05) is 7.11 Å². The second-order valence-corrected chi connectivity index (χ2v) is 2.91. The number of methoxy groups -OCH3 is 1. The summed E-state index contributed by atoms with van der Waals surface area (Å²) < 4.78 is 9.78. The van der Waals surface area contributed by atoms with E-state index in [9.17, 15) is 5.11 Å². The molecule has 0 amide bonds. The van der Waals surface area contributed by atoms with Gasteiger partial charge in [0.1, 0.15) is 18.3 Å². The third kappa shape index (κ3) is 1.60. The number of aliphatic hydroxyl groups is 3. The van der Waals surface area contributed by atoms with Crippen LogP contribution in [0.5, 0.6) is 0 Å². The normalized spacial score (nSPS) is 49.2. The molecule has 0 aromatic rings. The van der Waals surface area contributed by atoms with Crippen molar-refractivity contribution in [1.29, 1.82) is 0 Å². The predicted octanol–water partition coefficient (Wildman–Crippen LogP) is -1.54. The van der Waals surface area contributed by atoms with Crippen LogP contribution in [-0.4, -0.2) is 53.1 Å². The Kier molecular flexibility index (Phi) is 3.03. The summed E-state index contributed by atoms with van der Waals surface area (Å²) in [4.78, 5) is 0. The van der Waals surface area contributed by atoms with Crippen molar-refractivity contribution in [1.82, 2.24) is 0 Å². The van der Waals surface area contributed by atoms with Crippen molar-refractivity contribution < 1.29 is 24.8 Å². The zero-order valence-electron chi connectivity index (χ0n) is 7.04. The van der Waals surface area contributed by atoms with Gasteiger partial charge in [0.15, 0.2) is 6.29 Å². The molecule has 5 nitrogen and oxygen atoms in total. The fourth-order valence-corrected chi connectivity index (χ4v) is 1.35. The third-order valence-electron chi connectivity index (χ3n) is 2.07. The standard InChI is InChI=1S/C7H14O5/c1-3-6(11-2)4(8)5(9)7(10)12-3/h3-10H,1-2H3. The molecule has 0 aliphatic carbocycles. The first-order valence-corrected chi connectivity index (χ1v) is 3.80. The van der Waals surface area contributed by atoms with Gasteiger partial charge in [-0.1, -0.05) is 0 Å². The van der Waals surface area contributed by atoms with Crippen molar-refractivity contribution in [2.24, 2.45) is 0 Å². The molecule has 0 aromatic carbocycles. The average molecular weight is 178 g/mol.